The van der Waals surface area contributed by atoms with Crippen LogP contribution in [0.2, 0.25) is 0 Å². The quantitative estimate of drug-likeness (QED) is 0.767. The van der Waals surface area contributed by atoms with E-state index in [-0.39, 0.29) is 11.9 Å². The van der Waals surface area contributed by atoms with Crippen molar-refractivity contribution in [2.24, 2.45) is 5.92 Å². The molecule has 0 unspecified atom stereocenters. The van der Waals surface area contributed by atoms with E-state index in [0.717, 1.165) is 35.8 Å². The summed E-state index contributed by atoms with van der Waals surface area (Å²) in [6.07, 6.45) is 9.42. The van der Waals surface area contributed by atoms with E-state index < -0.39 is 0 Å². The van der Waals surface area contributed by atoms with E-state index >= 15 is 0 Å². The second kappa shape index (κ2) is 8.92. The average Bonchev–Trinajstić information content (AvgIpc) is 3.29. The Morgan fingerprint density at radius 1 is 0.969 bits per heavy atom. The van der Waals surface area contributed by atoms with E-state index in [9.17, 15) is 4.79 Å². The van der Waals surface area contributed by atoms with Gasteiger partial charge in [-0.25, -0.2) is 0 Å². The molecule has 1 aromatic heterocycles. The first kappa shape index (κ1) is 20.9. The fourth-order valence-corrected chi connectivity index (χ4v) is 7.25. The molecule has 2 bridgehead atoms. The number of hydrogen-bond donors (Lipinski definition) is 1. The van der Waals surface area contributed by atoms with Gasteiger partial charge in [-0.3, -0.25) is 9.69 Å². The number of nitrogens with one attached hydrogen (secondary N) is 1. The fourth-order valence-electron chi connectivity index (χ4n) is 6.44. The highest BCUT2D eigenvalue weighted by Crippen LogP contribution is 2.31. The number of piperazine rings is 1. The zero-order chi connectivity index (χ0) is 21.5. The highest BCUT2D eigenvalue weighted by molar-refractivity contribution is 7.13. The van der Waals surface area contributed by atoms with Gasteiger partial charge in [-0.1, -0.05) is 19.3 Å². The molecular weight excluding hydrogens is 418 g/mol. The van der Waals surface area contributed by atoms with Crippen LogP contribution in [0.5, 0.6) is 0 Å². The molecule has 2 aromatic rings. The first-order valence-electron chi connectivity index (χ1n) is 12.7. The first-order valence-corrected chi connectivity index (χ1v) is 13.4. The van der Waals surface area contributed by atoms with Gasteiger partial charge in [0.2, 0.25) is 0 Å². The molecule has 6 nitrogen and oxygen atoms in total. The number of benzene rings is 1. The molecule has 7 rings (SSSR count). The Labute approximate surface area is 195 Å². The standard InChI is InChI=1S/C25H35N5OS/c31-25(26-22-17-28-10-8-18(22)9-11-28)24-21-7-6-20(16-23(21)32-27-24)30-14-12-29(13-15-30)19-4-2-1-3-5-19/h6-7,16,18-19,22H,1-5,8-15,17H2,(H,26,31)/t22-/m1/s1. The molecule has 1 aliphatic carbocycles. The number of rotatable bonds is 4. The lowest BCUT2D eigenvalue weighted by Crippen LogP contribution is -2.57. The summed E-state index contributed by atoms with van der Waals surface area (Å²) in [4.78, 5) is 20.7. The number of carbonyl (C=O) groups excluding carboxylic acids is 1. The van der Waals surface area contributed by atoms with Gasteiger partial charge >= 0.3 is 0 Å². The predicted octanol–water partition coefficient (Wildman–Crippen LogP) is 3.58. The van der Waals surface area contributed by atoms with Crippen molar-refractivity contribution in [3.05, 3.63) is 23.9 Å². The van der Waals surface area contributed by atoms with E-state index in [4.69, 9.17) is 0 Å². The number of amides is 1. The Kier molecular flexibility index (Phi) is 5.82. The van der Waals surface area contributed by atoms with Crippen LogP contribution in [0.1, 0.15) is 55.4 Å². The Hall–Kier alpha value is -1.70. The van der Waals surface area contributed by atoms with Crippen molar-refractivity contribution in [2.45, 2.75) is 57.0 Å². The van der Waals surface area contributed by atoms with Crippen LogP contribution in [0.25, 0.3) is 10.1 Å². The van der Waals surface area contributed by atoms with Crippen LogP contribution in [0.4, 0.5) is 5.69 Å². The van der Waals surface area contributed by atoms with Gasteiger partial charge in [-0.05, 0) is 74.4 Å². The minimum atomic E-state index is 0.00356. The van der Waals surface area contributed by atoms with Gasteiger partial charge in [0, 0.05) is 55.9 Å². The minimum absolute atomic E-state index is 0.00356. The number of carbonyl (C=O) groups is 1. The first-order chi connectivity index (χ1) is 15.7. The van der Waals surface area contributed by atoms with Crippen molar-refractivity contribution in [1.29, 1.82) is 0 Å². The zero-order valence-corrected chi connectivity index (χ0v) is 19.8. The third-order valence-corrected chi connectivity index (χ3v) is 9.22. The van der Waals surface area contributed by atoms with E-state index in [0.29, 0.717) is 11.6 Å². The number of fused-ring (bicyclic) bond motifs is 4. The molecule has 4 aliphatic heterocycles. The Bertz CT molecular complexity index is 954. The molecule has 5 fully saturated rings. The van der Waals surface area contributed by atoms with Crippen molar-refractivity contribution < 1.29 is 4.79 Å². The number of piperidine rings is 3. The van der Waals surface area contributed by atoms with Crippen LogP contribution in [0.3, 0.4) is 0 Å². The van der Waals surface area contributed by atoms with E-state index in [1.54, 1.807) is 0 Å². The topological polar surface area (TPSA) is 51.7 Å². The number of hydrogen-bond acceptors (Lipinski definition) is 6. The molecule has 1 N–H and O–H groups in total. The average molecular weight is 454 g/mol. The van der Waals surface area contributed by atoms with Crippen molar-refractivity contribution in [2.75, 3.05) is 50.7 Å². The summed E-state index contributed by atoms with van der Waals surface area (Å²) in [5.41, 5.74) is 1.88. The van der Waals surface area contributed by atoms with Crippen molar-refractivity contribution >= 4 is 33.2 Å². The lowest BCUT2D eigenvalue weighted by Gasteiger charge is -2.44. The van der Waals surface area contributed by atoms with Gasteiger partial charge in [0.25, 0.3) is 5.91 Å². The molecule has 4 saturated heterocycles. The third-order valence-electron chi connectivity index (χ3n) is 8.41. The number of anilines is 1. The maximum atomic E-state index is 13.0. The lowest BCUT2D eigenvalue weighted by molar-refractivity contribution is 0.0619. The maximum Gasteiger partial charge on any atom is 0.271 e. The highest BCUT2D eigenvalue weighted by atomic mass is 32.1. The summed E-state index contributed by atoms with van der Waals surface area (Å²) in [7, 11) is 0. The van der Waals surface area contributed by atoms with Crippen molar-refractivity contribution in [3.63, 3.8) is 0 Å². The van der Waals surface area contributed by atoms with Gasteiger partial charge in [-0.15, -0.1) is 0 Å². The van der Waals surface area contributed by atoms with Crippen molar-refractivity contribution in [1.82, 2.24) is 19.5 Å². The molecule has 172 valence electrons. The van der Waals surface area contributed by atoms with Crippen LogP contribution in [-0.2, 0) is 0 Å². The molecule has 0 radical (unpaired) electrons. The highest BCUT2D eigenvalue weighted by Gasteiger charge is 2.35. The lowest BCUT2D eigenvalue weighted by atomic mass is 9.84. The molecule has 1 atom stereocenters. The molecule has 32 heavy (non-hydrogen) atoms. The van der Waals surface area contributed by atoms with Gasteiger partial charge in [-0.2, -0.15) is 4.37 Å². The summed E-state index contributed by atoms with van der Waals surface area (Å²) in [5, 5.41) is 4.30. The van der Waals surface area contributed by atoms with Gasteiger partial charge in [0.1, 0.15) is 5.69 Å². The second-order valence-electron chi connectivity index (χ2n) is 10.2. The smallest absolute Gasteiger partial charge is 0.271 e. The van der Waals surface area contributed by atoms with Crippen LogP contribution in [-0.4, -0.2) is 78.0 Å². The Morgan fingerprint density at radius 3 is 2.47 bits per heavy atom. The molecule has 1 amide bonds. The Balaban J connectivity index is 1.11. The van der Waals surface area contributed by atoms with E-state index in [1.807, 2.05) is 0 Å². The zero-order valence-electron chi connectivity index (χ0n) is 19.0. The molecule has 0 spiro atoms. The maximum absolute atomic E-state index is 13.0. The summed E-state index contributed by atoms with van der Waals surface area (Å²) < 4.78 is 5.69. The molecule has 1 saturated carbocycles. The van der Waals surface area contributed by atoms with Crippen molar-refractivity contribution in [3.8, 4) is 0 Å². The van der Waals surface area contributed by atoms with Crippen LogP contribution >= 0.6 is 11.5 Å². The van der Waals surface area contributed by atoms with Crippen LogP contribution in [0.15, 0.2) is 18.2 Å². The number of aromatic nitrogens is 1. The summed E-state index contributed by atoms with van der Waals surface area (Å²) in [6, 6.07) is 7.65. The molecule has 1 aromatic carbocycles. The fraction of sp³-hybridized carbons (Fsp3) is 0.680. The molecule has 5 aliphatic rings. The van der Waals surface area contributed by atoms with E-state index in [1.165, 1.54) is 88.3 Å². The normalized spacial score (nSPS) is 29.5. The summed E-state index contributed by atoms with van der Waals surface area (Å²) in [5.74, 6) is 0.636. The summed E-state index contributed by atoms with van der Waals surface area (Å²) >= 11 is 1.46. The SMILES string of the molecule is O=C(N[C@@H]1CN2CCC1CC2)c1nsc2cc(N3CCN(C4CCCCC4)CC3)ccc12. The predicted molar refractivity (Wildman–Crippen MR) is 131 cm³/mol. The van der Waals surface area contributed by atoms with Gasteiger partial charge in [0.15, 0.2) is 0 Å². The number of nitrogens with zero attached hydrogens (tertiary/aromatic N) is 4. The molecule has 7 heteroatoms. The third kappa shape index (κ3) is 4.03. The molecule has 5 heterocycles. The largest absolute Gasteiger partial charge is 0.369 e. The van der Waals surface area contributed by atoms with E-state index in [2.05, 4.69) is 42.6 Å². The molecular formula is C25H35N5OS. The van der Waals surface area contributed by atoms with Crippen LogP contribution in [0, 0.1) is 5.92 Å². The monoisotopic (exact) mass is 453 g/mol. The van der Waals surface area contributed by atoms with Crippen LogP contribution < -0.4 is 10.2 Å². The Morgan fingerprint density at radius 2 is 1.75 bits per heavy atom. The van der Waals surface area contributed by atoms with Gasteiger partial charge in [0.05, 0.1) is 4.70 Å². The minimum Gasteiger partial charge on any atom is -0.369 e. The second-order valence-corrected chi connectivity index (χ2v) is 11.0. The summed E-state index contributed by atoms with van der Waals surface area (Å²) in [6.45, 7) is 7.89. The van der Waals surface area contributed by atoms with Gasteiger partial charge < -0.3 is 15.1 Å².